The Balaban J connectivity index is 1.17. The van der Waals surface area contributed by atoms with Gasteiger partial charge in [0.15, 0.2) is 0 Å². The van der Waals surface area contributed by atoms with Crippen LogP contribution in [0.2, 0.25) is 0 Å². The van der Waals surface area contributed by atoms with Crippen LogP contribution in [-0.2, 0) is 0 Å². The number of hydrogen-bond donors (Lipinski definition) is 0. The summed E-state index contributed by atoms with van der Waals surface area (Å²) in [6.45, 7) is 0. The van der Waals surface area contributed by atoms with Crippen LogP contribution in [0.15, 0.2) is 192 Å². The summed E-state index contributed by atoms with van der Waals surface area (Å²) in [5, 5.41) is 8.12. The lowest BCUT2D eigenvalue weighted by atomic mass is 9.93. The smallest absolute Gasteiger partial charge is 0.143 e. The minimum Gasteiger partial charge on any atom is -0.455 e. The molecular weight excluding hydrogens is 607 g/mol. The van der Waals surface area contributed by atoms with Crippen molar-refractivity contribution in [1.82, 2.24) is 0 Å². The van der Waals surface area contributed by atoms with Crippen molar-refractivity contribution in [2.24, 2.45) is 0 Å². The fraction of sp³-hybridized carbons (Fsp3) is 0. The molecule has 10 aromatic rings. The Hall–Kier alpha value is -6.64. The van der Waals surface area contributed by atoms with Crippen molar-refractivity contribution in [3.05, 3.63) is 188 Å². The topological polar surface area (TPSA) is 16.4 Å². The lowest BCUT2D eigenvalue weighted by Gasteiger charge is -2.26. The van der Waals surface area contributed by atoms with E-state index in [9.17, 15) is 5.48 Å². The van der Waals surface area contributed by atoms with E-state index in [2.05, 4.69) is 30.3 Å². The van der Waals surface area contributed by atoms with Gasteiger partial charge in [0.25, 0.3) is 0 Å². The molecule has 2 nitrogen and oxygen atoms in total. The molecule has 0 radical (unpaired) electrons. The van der Waals surface area contributed by atoms with Gasteiger partial charge >= 0.3 is 0 Å². The summed E-state index contributed by atoms with van der Waals surface area (Å²) in [6, 6.07) is 54.0. The van der Waals surface area contributed by atoms with E-state index in [1.54, 1.807) is 0 Å². The molecule has 0 saturated carbocycles. The molecule has 9 aromatic carbocycles. The molecule has 10 rings (SSSR count). The summed E-state index contributed by atoms with van der Waals surface area (Å²) in [6.07, 6.45) is 0. The van der Waals surface area contributed by atoms with Crippen LogP contribution in [0.4, 0.5) is 17.1 Å². The molecule has 0 bridgehead atoms. The quantitative estimate of drug-likeness (QED) is 0.174. The Bertz CT molecular complexity index is 3080. The first-order valence-electron chi connectivity index (χ1n) is 18.8. The molecule has 1 aromatic heterocycles. The molecule has 234 valence electrons. The average molecular weight is 642 g/mol. The van der Waals surface area contributed by atoms with Gasteiger partial charge < -0.3 is 9.32 Å². The minimum atomic E-state index is -0.118. The normalized spacial score (nSPS) is 12.7. The van der Waals surface area contributed by atoms with E-state index >= 15 is 0 Å². The molecular formula is C48H31NO. The van der Waals surface area contributed by atoms with Gasteiger partial charge in [-0.3, -0.25) is 0 Å². The molecule has 0 spiro atoms. The lowest BCUT2D eigenvalue weighted by molar-refractivity contribution is 0.670. The maximum atomic E-state index is 9.56. The number of furan rings is 1. The predicted molar refractivity (Wildman–Crippen MR) is 212 cm³/mol. The third kappa shape index (κ3) is 4.65. The minimum absolute atomic E-state index is 0.0922. The van der Waals surface area contributed by atoms with E-state index in [0.717, 1.165) is 71.1 Å². The van der Waals surface area contributed by atoms with Gasteiger partial charge in [-0.25, -0.2) is 0 Å². The van der Waals surface area contributed by atoms with Crippen LogP contribution in [0.1, 0.15) is 5.48 Å². The Kier molecular flexibility index (Phi) is 5.64. The molecule has 0 atom stereocenters. The number of rotatable bonds is 5. The maximum Gasteiger partial charge on any atom is 0.143 e. The average Bonchev–Trinajstić information content (AvgIpc) is 3.61. The molecule has 1 heterocycles. The molecule has 0 aliphatic rings. The van der Waals surface area contributed by atoms with Gasteiger partial charge in [-0.05, 0) is 97.5 Å². The van der Waals surface area contributed by atoms with Crippen molar-refractivity contribution >= 4 is 71.3 Å². The molecule has 0 aliphatic heterocycles. The van der Waals surface area contributed by atoms with Gasteiger partial charge in [0.1, 0.15) is 11.2 Å². The number of para-hydroxylation sites is 2. The molecule has 0 N–H and O–H groups in total. The highest BCUT2D eigenvalue weighted by atomic mass is 16.3. The number of hydrogen-bond acceptors (Lipinski definition) is 2. The zero-order valence-electron chi connectivity index (χ0n) is 30.9. The first kappa shape index (κ1) is 24.5. The molecule has 50 heavy (non-hydrogen) atoms. The van der Waals surface area contributed by atoms with E-state index in [4.69, 9.17) is 4.42 Å². The molecule has 0 amide bonds. The van der Waals surface area contributed by atoms with Gasteiger partial charge in [-0.1, -0.05) is 139 Å². The first-order valence-corrected chi connectivity index (χ1v) is 16.8. The Morgan fingerprint density at radius 1 is 0.380 bits per heavy atom. The van der Waals surface area contributed by atoms with Crippen LogP contribution in [0.3, 0.4) is 0 Å². The van der Waals surface area contributed by atoms with Crippen molar-refractivity contribution in [3.8, 4) is 22.3 Å². The molecule has 0 saturated heterocycles. The molecule has 2 heteroatoms. The van der Waals surface area contributed by atoms with Crippen LogP contribution in [0.25, 0.3) is 76.5 Å². The number of anilines is 3. The SMILES string of the molecule is [2H]c1c([2H])c(N(c2ccc(-c3cccc4c3oc3ccccc34)cc2)c2ccc3ccccc3c2)c([2H])c([2H])c1-c1cc2ccccc2c2ccccc12. The van der Waals surface area contributed by atoms with E-state index < -0.39 is 0 Å². The van der Waals surface area contributed by atoms with E-state index in [1.165, 1.54) is 0 Å². The zero-order valence-corrected chi connectivity index (χ0v) is 26.9. The van der Waals surface area contributed by atoms with Gasteiger partial charge in [0.05, 0.1) is 5.48 Å². The highest BCUT2D eigenvalue weighted by molar-refractivity contribution is 6.14. The number of benzene rings is 9. The van der Waals surface area contributed by atoms with Crippen molar-refractivity contribution in [2.45, 2.75) is 0 Å². The van der Waals surface area contributed by atoms with Crippen LogP contribution in [-0.4, -0.2) is 0 Å². The van der Waals surface area contributed by atoms with Crippen LogP contribution in [0, 0.1) is 0 Å². The van der Waals surface area contributed by atoms with Gasteiger partial charge in [0.2, 0.25) is 0 Å². The second kappa shape index (κ2) is 11.5. The summed E-state index contributed by atoms with van der Waals surface area (Å²) in [4.78, 5) is 1.85. The van der Waals surface area contributed by atoms with Crippen molar-refractivity contribution in [3.63, 3.8) is 0 Å². The highest BCUT2D eigenvalue weighted by Crippen LogP contribution is 2.41. The maximum absolute atomic E-state index is 9.56. The first-order chi connectivity index (χ1) is 26.5. The Morgan fingerprint density at radius 3 is 1.84 bits per heavy atom. The molecule has 0 aliphatic carbocycles. The van der Waals surface area contributed by atoms with Gasteiger partial charge in [-0.15, -0.1) is 0 Å². The predicted octanol–water partition coefficient (Wildman–Crippen LogP) is 13.8. The Morgan fingerprint density at radius 2 is 1.02 bits per heavy atom. The summed E-state index contributed by atoms with van der Waals surface area (Å²) < 4.78 is 44.4. The summed E-state index contributed by atoms with van der Waals surface area (Å²) in [7, 11) is 0. The fourth-order valence-corrected chi connectivity index (χ4v) is 7.30. The summed E-state index contributed by atoms with van der Waals surface area (Å²) >= 11 is 0. The highest BCUT2D eigenvalue weighted by Gasteiger charge is 2.17. The van der Waals surface area contributed by atoms with E-state index in [-0.39, 0.29) is 35.4 Å². The van der Waals surface area contributed by atoms with Crippen molar-refractivity contribution in [2.75, 3.05) is 4.90 Å². The Labute approximate surface area is 295 Å². The monoisotopic (exact) mass is 641 g/mol. The molecule has 0 unspecified atom stereocenters. The van der Waals surface area contributed by atoms with Crippen molar-refractivity contribution < 1.29 is 9.90 Å². The standard InChI is InChI=1S/C48H31NO/c1-2-11-35-30-39(29-20-32(35)10-1)49(37-25-21-33(22-26-37)41-17-9-18-45-44-16-7-8-19-47(44)50-48(41)45)38-27-23-34(24-28-38)46-31-36-12-3-4-13-40(36)42-14-5-6-15-43(42)46/h1-31H/i23D,24D,27D,28D. The number of fused-ring (bicyclic) bond motifs is 7. The number of nitrogens with zero attached hydrogens (tertiary/aromatic N) is 1. The van der Waals surface area contributed by atoms with E-state index in [0.29, 0.717) is 11.3 Å². The van der Waals surface area contributed by atoms with Gasteiger partial charge in [-0.2, -0.15) is 0 Å². The third-order valence-electron chi connectivity index (χ3n) is 9.70. The fourth-order valence-electron chi connectivity index (χ4n) is 7.30. The zero-order chi connectivity index (χ0) is 36.5. The van der Waals surface area contributed by atoms with Crippen LogP contribution in [0.5, 0.6) is 0 Å². The summed E-state index contributed by atoms with van der Waals surface area (Å²) in [5.74, 6) is 0. The third-order valence-corrected chi connectivity index (χ3v) is 9.70. The molecule has 0 fully saturated rings. The van der Waals surface area contributed by atoms with Crippen molar-refractivity contribution in [1.29, 1.82) is 0 Å². The van der Waals surface area contributed by atoms with E-state index in [1.807, 2.05) is 138 Å². The van der Waals surface area contributed by atoms with Crippen LogP contribution >= 0.6 is 0 Å². The second-order valence-corrected chi connectivity index (χ2v) is 12.6. The largest absolute Gasteiger partial charge is 0.455 e. The summed E-state index contributed by atoms with van der Waals surface area (Å²) in [5.41, 5.74) is 6.14. The second-order valence-electron chi connectivity index (χ2n) is 12.6. The van der Waals surface area contributed by atoms with Gasteiger partial charge in [0, 0.05) is 33.4 Å². The lowest BCUT2D eigenvalue weighted by Crippen LogP contribution is -2.09. The van der Waals surface area contributed by atoms with Crippen LogP contribution < -0.4 is 4.90 Å².